The monoisotopic (exact) mass is 304 g/mol. The number of halogens is 2. The second-order valence-corrected chi connectivity index (χ2v) is 5.88. The zero-order valence-corrected chi connectivity index (χ0v) is 12.0. The summed E-state index contributed by atoms with van der Waals surface area (Å²) < 4.78 is 13.6. The van der Waals surface area contributed by atoms with Crippen LogP contribution in [0.25, 0.3) is 0 Å². The van der Waals surface area contributed by atoms with Crippen molar-refractivity contribution in [3.63, 3.8) is 0 Å². The average Bonchev–Trinajstić information content (AvgIpc) is 2.84. The Labute approximate surface area is 127 Å². The van der Waals surface area contributed by atoms with Gasteiger partial charge in [-0.3, -0.25) is 4.79 Å². The molecule has 0 heterocycles. The Morgan fingerprint density at radius 3 is 2.76 bits per heavy atom. The summed E-state index contributed by atoms with van der Waals surface area (Å²) in [5.74, 6) is -1.37. The molecule has 0 aliphatic heterocycles. The molecule has 0 saturated heterocycles. The van der Waals surface area contributed by atoms with E-state index in [2.05, 4.69) is 0 Å². The third-order valence-electron chi connectivity index (χ3n) is 4.25. The van der Waals surface area contributed by atoms with Crippen molar-refractivity contribution in [2.24, 2.45) is 0 Å². The molecule has 1 aliphatic carbocycles. The smallest absolute Gasteiger partial charge is 0.314 e. The highest BCUT2D eigenvalue weighted by Gasteiger charge is 2.45. The van der Waals surface area contributed by atoms with Crippen molar-refractivity contribution >= 4 is 17.6 Å². The fraction of sp³-hybridized carbons (Fsp3) is 0.235. The van der Waals surface area contributed by atoms with Crippen LogP contribution in [0.2, 0.25) is 5.02 Å². The lowest BCUT2D eigenvalue weighted by Gasteiger charge is -2.26. The minimum atomic E-state index is -0.975. The lowest BCUT2D eigenvalue weighted by molar-refractivity contribution is -0.143. The van der Waals surface area contributed by atoms with E-state index in [1.807, 2.05) is 24.3 Å². The molecule has 1 aliphatic rings. The van der Waals surface area contributed by atoms with E-state index < -0.39 is 17.2 Å². The molecule has 1 atom stereocenters. The molecule has 0 bridgehead atoms. The van der Waals surface area contributed by atoms with Crippen LogP contribution in [0.4, 0.5) is 4.39 Å². The van der Waals surface area contributed by atoms with Crippen molar-refractivity contribution in [2.45, 2.75) is 24.7 Å². The molecule has 1 N–H and O–H groups in total. The highest BCUT2D eigenvalue weighted by atomic mass is 35.5. The van der Waals surface area contributed by atoms with Gasteiger partial charge in [0.1, 0.15) is 5.82 Å². The van der Waals surface area contributed by atoms with Gasteiger partial charge in [0.15, 0.2) is 0 Å². The fourth-order valence-electron chi connectivity index (χ4n) is 3.17. The summed E-state index contributed by atoms with van der Waals surface area (Å²) in [5, 5.41) is 9.83. The number of carboxylic acid groups (broad SMARTS) is 1. The molecular formula is C17H14ClFO2. The van der Waals surface area contributed by atoms with Crippen LogP contribution >= 0.6 is 11.6 Å². The van der Waals surface area contributed by atoms with Crippen molar-refractivity contribution in [3.8, 4) is 0 Å². The average molecular weight is 305 g/mol. The summed E-state index contributed by atoms with van der Waals surface area (Å²) in [6, 6.07) is 12.1. The van der Waals surface area contributed by atoms with Crippen LogP contribution in [0.15, 0.2) is 42.5 Å². The Kier molecular flexibility index (Phi) is 3.46. The van der Waals surface area contributed by atoms with Gasteiger partial charge >= 0.3 is 5.97 Å². The van der Waals surface area contributed by atoms with Crippen LogP contribution in [0.1, 0.15) is 23.1 Å². The Morgan fingerprint density at radius 1 is 1.29 bits per heavy atom. The Morgan fingerprint density at radius 2 is 2.05 bits per heavy atom. The Hall–Kier alpha value is -1.87. The Balaban J connectivity index is 2.04. The standard InChI is InChI=1S/C17H14ClFO2/c18-14-6-5-11(9-15(14)19)10-17(16(20)21)8-7-12-3-1-2-4-13(12)17/h1-6,9H,7-8,10H2,(H,20,21). The largest absolute Gasteiger partial charge is 0.481 e. The summed E-state index contributed by atoms with van der Waals surface area (Å²) in [5.41, 5.74) is 1.58. The molecule has 0 radical (unpaired) electrons. The molecule has 0 fully saturated rings. The number of aryl methyl sites for hydroxylation is 1. The molecule has 0 saturated carbocycles. The molecule has 2 aromatic rings. The van der Waals surface area contributed by atoms with Gasteiger partial charge in [-0.2, -0.15) is 0 Å². The van der Waals surface area contributed by atoms with Crippen LogP contribution in [-0.2, 0) is 23.1 Å². The number of hydrogen-bond acceptors (Lipinski definition) is 1. The number of benzene rings is 2. The van der Waals surface area contributed by atoms with Crippen LogP contribution < -0.4 is 0 Å². The van der Waals surface area contributed by atoms with Gasteiger partial charge < -0.3 is 5.11 Å². The predicted molar refractivity (Wildman–Crippen MR) is 79.2 cm³/mol. The van der Waals surface area contributed by atoms with Crippen LogP contribution in [0, 0.1) is 5.82 Å². The quantitative estimate of drug-likeness (QED) is 0.931. The number of aliphatic carboxylic acids is 1. The molecule has 1 unspecified atom stereocenters. The molecule has 4 heteroatoms. The van der Waals surface area contributed by atoms with E-state index in [4.69, 9.17) is 11.6 Å². The first-order valence-corrected chi connectivity index (χ1v) is 7.16. The highest BCUT2D eigenvalue weighted by molar-refractivity contribution is 6.30. The molecule has 3 rings (SSSR count). The van der Waals surface area contributed by atoms with E-state index in [1.165, 1.54) is 12.1 Å². The molecule has 0 aromatic heterocycles. The fourth-order valence-corrected chi connectivity index (χ4v) is 3.28. The zero-order valence-electron chi connectivity index (χ0n) is 11.3. The van der Waals surface area contributed by atoms with Gasteiger partial charge in [-0.1, -0.05) is 41.9 Å². The Bertz CT molecular complexity index is 714. The van der Waals surface area contributed by atoms with E-state index >= 15 is 0 Å². The minimum Gasteiger partial charge on any atom is -0.481 e. The zero-order chi connectivity index (χ0) is 15.0. The number of rotatable bonds is 3. The SMILES string of the molecule is O=C(O)C1(Cc2ccc(Cl)c(F)c2)CCc2ccccc21. The molecule has 2 aromatic carbocycles. The van der Waals surface area contributed by atoms with E-state index in [-0.39, 0.29) is 11.4 Å². The molecule has 0 amide bonds. The number of carbonyl (C=O) groups is 1. The molecule has 0 spiro atoms. The summed E-state index contributed by atoms with van der Waals surface area (Å²) in [6.07, 6.45) is 1.54. The first-order valence-electron chi connectivity index (χ1n) is 6.79. The van der Waals surface area contributed by atoms with Gasteiger partial charge in [0.25, 0.3) is 0 Å². The maximum Gasteiger partial charge on any atom is 0.314 e. The summed E-state index contributed by atoms with van der Waals surface area (Å²) >= 11 is 5.68. The lowest BCUT2D eigenvalue weighted by atomic mass is 9.76. The first-order chi connectivity index (χ1) is 10.0. The van der Waals surface area contributed by atoms with E-state index in [0.29, 0.717) is 12.0 Å². The second-order valence-electron chi connectivity index (χ2n) is 5.47. The maximum absolute atomic E-state index is 13.6. The molecule has 108 valence electrons. The lowest BCUT2D eigenvalue weighted by Crippen LogP contribution is -2.35. The maximum atomic E-state index is 13.6. The number of fused-ring (bicyclic) bond motifs is 1. The third-order valence-corrected chi connectivity index (χ3v) is 4.56. The van der Waals surface area contributed by atoms with E-state index in [1.54, 1.807) is 6.07 Å². The first kappa shape index (κ1) is 14.1. The van der Waals surface area contributed by atoms with Gasteiger partial charge in [-0.25, -0.2) is 4.39 Å². The van der Waals surface area contributed by atoms with Gasteiger partial charge in [-0.05, 0) is 48.1 Å². The van der Waals surface area contributed by atoms with Gasteiger partial charge in [0.05, 0.1) is 10.4 Å². The van der Waals surface area contributed by atoms with Crippen molar-refractivity contribution in [1.82, 2.24) is 0 Å². The third kappa shape index (κ3) is 2.32. The van der Waals surface area contributed by atoms with Gasteiger partial charge in [-0.15, -0.1) is 0 Å². The van der Waals surface area contributed by atoms with Crippen molar-refractivity contribution in [2.75, 3.05) is 0 Å². The topological polar surface area (TPSA) is 37.3 Å². The molecular weight excluding hydrogens is 291 g/mol. The van der Waals surface area contributed by atoms with E-state index in [9.17, 15) is 14.3 Å². The highest BCUT2D eigenvalue weighted by Crippen LogP contribution is 2.42. The molecule has 2 nitrogen and oxygen atoms in total. The second kappa shape index (κ2) is 5.15. The van der Waals surface area contributed by atoms with Crippen LogP contribution in [0.5, 0.6) is 0 Å². The summed E-state index contributed by atoms with van der Waals surface area (Å²) in [7, 11) is 0. The van der Waals surface area contributed by atoms with Crippen molar-refractivity contribution in [1.29, 1.82) is 0 Å². The number of carboxylic acids is 1. The summed E-state index contributed by atoms with van der Waals surface area (Å²) in [6.45, 7) is 0. The molecule has 21 heavy (non-hydrogen) atoms. The number of hydrogen-bond donors (Lipinski definition) is 1. The van der Waals surface area contributed by atoms with Crippen molar-refractivity contribution < 1.29 is 14.3 Å². The predicted octanol–water partition coefficient (Wildman–Crippen LogP) is 3.99. The van der Waals surface area contributed by atoms with Crippen LogP contribution in [0.3, 0.4) is 0 Å². The minimum absolute atomic E-state index is 0.0509. The van der Waals surface area contributed by atoms with Crippen LogP contribution in [-0.4, -0.2) is 11.1 Å². The van der Waals surface area contributed by atoms with Crippen molar-refractivity contribution in [3.05, 3.63) is 70.0 Å². The van der Waals surface area contributed by atoms with E-state index in [0.717, 1.165) is 17.5 Å². The summed E-state index contributed by atoms with van der Waals surface area (Å²) in [4.78, 5) is 11.9. The van der Waals surface area contributed by atoms with Gasteiger partial charge in [0, 0.05) is 0 Å². The normalized spacial score (nSPS) is 20.3. The van der Waals surface area contributed by atoms with Gasteiger partial charge in [0.2, 0.25) is 0 Å².